The predicted molar refractivity (Wildman–Crippen MR) is 356 cm³/mol. The van der Waals surface area contributed by atoms with Crippen molar-refractivity contribution in [1.29, 1.82) is 0 Å². The number of ether oxygens (including phenoxy) is 6. The summed E-state index contributed by atoms with van der Waals surface area (Å²) in [5.41, 5.74) is 0. The van der Waals surface area contributed by atoms with E-state index in [0.717, 1.165) is 44.9 Å². The highest BCUT2D eigenvalue weighted by Crippen LogP contribution is 2.33. The minimum absolute atomic E-state index is 0.250. The topological polar surface area (TPSA) is 307 Å². The maximum Gasteiger partial charge on any atom is 0.220 e. The van der Waals surface area contributed by atoms with Crippen LogP contribution in [0.2, 0.25) is 0 Å². The van der Waals surface area contributed by atoms with Gasteiger partial charge in [-0.25, -0.2) is 0 Å². The highest BCUT2D eigenvalue weighted by Gasteiger charge is 2.53. The fraction of sp³-hybridized carbons (Fsp3) is 0.958. The van der Waals surface area contributed by atoms with E-state index in [1.807, 2.05) is 6.08 Å². The van der Waals surface area contributed by atoms with Gasteiger partial charge in [0.2, 0.25) is 5.91 Å². The Bertz CT molecular complexity index is 1700. The van der Waals surface area contributed by atoms with Gasteiger partial charge in [0.15, 0.2) is 18.9 Å². The highest BCUT2D eigenvalue weighted by atomic mass is 16.8. The third-order valence-electron chi connectivity index (χ3n) is 19.1. The van der Waals surface area contributed by atoms with Crippen molar-refractivity contribution < 1.29 is 89.4 Å². The molecular formula is C72H137NO18. The fourth-order valence-electron chi connectivity index (χ4n) is 13.0. The summed E-state index contributed by atoms with van der Waals surface area (Å²) in [4.78, 5) is 13.4. The second-order valence-electron chi connectivity index (χ2n) is 27.1. The first-order valence-corrected chi connectivity index (χ1v) is 37.4. The zero-order valence-electron chi connectivity index (χ0n) is 57.1. The smallest absolute Gasteiger partial charge is 0.220 e. The summed E-state index contributed by atoms with van der Waals surface area (Å²) in [6.45, 7) is 1.79. The molecule has 12 N–H and O–H groups in total. The van der Waals surface area contributed by atoms with Gasteiger partial charge in [-0.1, -0.05) is 296 Å². The number of allylic oxidation sites excluding steroid dienone is 1. The van der Waals surface area contributed by atoms with Crippen LogP contribution in [-0.2, 0) is 33.2 Å². The van der Waals surface area contributed by atoms with Gasteiger partial charge >= 0.3 is 0 Å². The maximum atomic E-state index is 13.4. The molecule has 0 aliphatic carbocycles. The van der Waals surface area contributed by atoms with Crippen molar-refractivity contribution in [2.75, 3.05) is 26.4 Å². The molecular weight excluding hydrogens is 1170 g/mol. The van der Waals surface area contributed by atoms with Crippen LogP contribution < -0.4 is 5.32 Å². The molecule has 0 aromatic carbocycles. The third-order valence-corrected chi connectivity index (χ3v) is 19.1. The minimum Gasteiger partial charge on any atom is -0.394 e. The first-order valence-electron chi connectivity index (χ1n) is 37.4. The molecule has 3 heterocycles. The van der Waals surface area contributed by atoms with Crippen LogP contribution >= 0.6 is 0 Å². The average Bonchev–Trinajstić information content (AvgIpc) is 0.884. The second-order valence-corrected chi connectivity index (χ2v) is 27.1. The first-order chi connectivity index (χ1) is 44.3. The van der Waals surface area contributed by atoms with E-state index < -0.39 is 124 Å². The number of rotatable bonds is 59. The van der Waals surface area contributed by atoms with Crippen LogP contribution in [0.3, 0.4) is 0 Å². The first kappa shape index (κ1) is 83.8. The Labute approximate surface area is 550 Å². The summed E-state index contributed by atoms with van der Waals surface area (Å²) < 4.78 is 34.4. The summed E-state index contributed by atoms with van der Waals surface area (Å²) in [6, 6.07) is -0.969. The maximum absolute atomic E-state index is 13.4. The van der Waals surface area contributed by atoms with E-state index in [1.54, 1.807) is 6.08 Å². The molecule has 0 aromatic heterocycles. The molecule has 538 valence electrons. The number of aliphatic hydroxyl groups excluding tert-OH is 11. The zero-order valence-corrected chi connectivity index (χ0v) is 57.1. The lowest BCUT2D eigenvalue weighted by atomic mass is 9.96. The molecule has 1 amide bonds. The molecule has 17 atom stereocenters. The van der Waals surface area contributed by atoms with Gasteiger partial charge in [-0.15, -0.1) is 0 Å². The van der Waals surface area contributed by atoms with Gasteiger partial charge < -0.3 is 89.9 Å². The summed E-state index contributed by atoms with van der Waals surface area (Å²) >= 11 is 0. The van der Waals surface area contributed by atoms with Gasteiger partial charge in [0.1, 0.15) is 73.2 Å². The standard InChI is InChI=1S/C72H137NO18/c1-3-5-7-9-11-13-15-17-19-21-23-25-27-29-31-33-35-37-39-41-43-45-47-49-56(77)55(73-60(78)50-48-46-44-42-40-38-36-34-32-30-28-26-24-22-20-18-16-14-12-10-8-6-4-2)54-86-70-66(84)63(81)68(58(52-75)88-70)91-72-67(85)64(82)69(59(53-76)89-72)90-71-65(83)62(80)61(79)57(51-74)87-71/h47,49,55-59,61-72,74-77,79-85H,3-46,48,50-54H2,1-2H3,(H,73,78)/b49-47+. The van der Waals surface area contributed by atoms with Gasteiger partial charge in [-0.3, -0.25) is 4.79 Å². The summed E-state index contributed by atoms with van der Waals surface area (Å²) in [7, 11) is 0. The average molecular weight is 1300 g/mol. The highest BCUT2D eigenvalue weighted by molar-refractivity contribution is 5.76. The van der Waals surface area contributed by atoms with Gasteiger partial charge in [-0.05, 0) is 19.3 Å². The van der Waals surface area contributed by atoms with Crippen LogP contribution in [0.5, 0.6) is 0 Å². The van der Waals surface area contributed by atoms with Gasteiger partial charge in [0.25, 0.3) is 0 Å². The lowest BCUT2D eigenvalue weighted by Crippen LogP contribution is -2.66. The number of hydrogen-bond acceptors (Lipinski definition) is 18. The molecule has 91 heavy (non-hydrogen) atoms. The Hall–Kier alpha value is -1.47. The Morgan fingerprint density at radius 1 is 0.385 bits per heavy atom. The van der Waals surface area contributed by atoms with E-state index in [2.05, 4.69) is 19.2 Å². The molecule has 17 unspecified atom stereocenters. The molecule has 3 aliphatic rings. The Morgan fingerprint density at radius 2 is 0.681 bits per heavy atom. The zero-order chi connectivity index (χ0) is 66.1. The van der Waals surface area contributed by atoms with Crippen LogP contribution in [0.15, 0.2) is 12.2 Å². The summed E-state index contributed by atoms with van der Waals surface area (Å²) in [5, 5.41) is 121. The summed E-state index contributed by atoms with van der Waals surface area (Å²) in [5.74, 6) is -0.268. The van der Waals surface area contributed by atoms with Crippen LogP contribution in [0.25, 0.3) is 0 Å². The molecule has 0 aromatic rings. The molecule has 19 nitrogen and oxygen atoms in total. The number of carbonyl (C=O) groups is 1. The quantitative estimate of drug-likeness (QED) is 0.0199. The predicted octanol–water partition coefficient (Wildman–Crippen LogP) is 10.8. The number of hydrogen-bond donors (Lipinski definition) is 12. The normalized spacial score (nSPS) is 27.9. The van der Waals surface area contributed by atoms with E-state index in [9.17, 15) is 61.0 Å². The Morgan fingerprint density at radius 3 is 1.03 bits per heavy atom. The third kappa shape index (κ3) is 36.1. The Balaban J connectivity index is 1.42. The van der Waals surface area contributed by atoms with Gasteiger partial charge in [0.05, 0.1) is 38.6 Å². The number of nitrogens with one attached hydrogen (secondary N) is 1. The van der Waals surface area contributed by atoms with Gasteiger partial charge in [-0.2, -0.15) is 0 Å². The molecule has 0 bridgehead atoms. The molecule has 0 spiro atoms. The molecule has 3 fully saturated rings. The fourth-order valence-corrected chi connectivity index (χ4v) is 13.0. The van der Waals surface area contributed by atoms with Crippen molar-refractivity contribution in [2.45, 2.75) is 413 Å². The largest absolute Gasteiger partial charge is 0.394 e. The van der Waals surface area contributed by atoms with E-state index >= 15 is 0 Å². The molecule has 3 saturated heterocycles. The van der Waals surface area contributed by atoms with Crippen molar-refractivity contribution in [3.63, 3.8) is 0 Å². The lowest BCUT2D eigenvalue weighted by Gasteiger charge is -2.48. The summed E-state index contributed by atoms with van der Waals surface area (Å²) in [6.07, 6.45) is 34.7. The van der Waals surface area contributed by atoms with Crippen molar-refractivity contribution in [3.8, 4) is 0 Å². The van der Waals surface area contributed by atoms with Crippen LogP contribution in [0.4, 0.5) is 0 Å². The SMILES string of the molecule is CCCCCCCCCCCCCCCCCCCCCCC/C=C/C(O)C(COC1OC(CO)C(OC2OC(CO)C(OC3OC(CO)C(O)C(O)C3O)C(O)C2O)C(O)C1O)NC(=O)CCCCCCCCCCCCCCCCCCCCCCCCC. The van der Waals surface area contributed by atoms with E-state index in [0.29, 0.717) is 6.42 Å². The van der Waals surface area contributed by atoms with E-state index in [1.165, 1.54) is 238 Å². The number of carbonyl (C=O) groups excluding carboxylic acids is 1. The van der Waals surface area contributed by atoms with E-state index in [-0.39, 0.29) is 18.9 Å². The molecule has 3 rings (SSSR count). The molecule has 0 saturated carbocycles. The molecule has 3 aliphatic heterocycles. The molecule has 0 radical (unpaired) electrons. The number of unbranched alkanes of at least 4 members (excludes halogenated alkanes) is 43. The minimum atomic E-state index is -1.98. The van der Waals surface area contributed by atoms with Gasteiger partial charge in [0, 0.05) is 6.42 Å². The monoisotopic (exact) mass is 1300 g/mol. The van der Waals surface area contributed by atoms with Crippen molar-refractivity contribution in [1.82, 2.24) is 5.32 Å². The molecule has 19 heteroatoms. The second kappa shape index (κ2) is 54.5. The van der Waals surface area contributed by atoms with Crippen LogP contribution in [-0.4, -0.2) is 193 Å². The van der Waals surface area contributed by atoms with Crippen LogP contribution in [0, 0.1) is 0 Å². The van der Waals surface area contributed by atoms with Crippen molar-refractivity contribution in [3.05, 3.63) is 12.2 Å². The number of aliphatic hydroxyl groups is 11. The van der Waals surface area contributed by atoms with E-state index in [4.69, 9.17) is 28.4 Å². The van der Waals surface area contributed by atoms with Crippen molar-refractivity contribution >= 4 is 5.91 Å². The Kier molecular flexibility index (Phi) is 50.2. The van der Waals surface area contributed by atoms with Crippen LogP contribution in [0.1, 0.15) is 309 Å². The lowest BCUT2D eigenvalue weighted by molar-refractivity contribution is -0.379. The number of amides is 1. The van der Waals surface area contributed by atoms with Crippen molar-refractivity contribution in [2.24, 2.45) is 0 Å².